The van der Waals surface area contributed by atoms with Gasteiger partial charge < -0.3 is 10.6 Å². The van der Waals surface area contributed by atoms with Gasteiger partial charge in [0, 0.05) is 17.9 Å². The van der Waals surface area contributed by atoms with Crippen molar-refractivity contribution >= 4 is 17.5 Å². The van der Waals surface area contributed by atoms with E-state index in [1.165, 1.54) is 0 Å². The molecular weight excluding hydrogens is 276 g/mol. The molecule has 5 heteroatoms. The number of carbonyl (C=O) groups is 1. The Morgan fingerprint density at radius 3 is 2.41 bits per heavy atom. The maximum atomic E-state index is 12.3. The summed E-state index contributed by atoms with van der Waals surface area (Å²) >= 11 is 0. The quantitative estimate of drug-likeness (QED) is 0.889. The van der Waals surface area contributed by atoms with E-state index < -0.39 is 0 Å². The number of rotatable bonds is 5. The molecule has 0 atom stereocenters. The molecule has 2 N–H and O–H groups in total. The Morgan fingerprint density at radius 2 is 1.77 bits per heavy atom. The molecule has 22 heavy (non-hydrogen) atoms. The van der Waals surface area contributed by atoms with Crippen LogP contribution < -0.4 is 10.6 Å². The average molecular weight is 298 g/mol. The summed E-state index contributed by atoms with van der Waals surface area (Å²) in [5, 5.41) is 6.07. The highest BCUT2D eigenvalue weighted by Gasteiger charge is 2.12. The van der Waals surface area contributed by atoms with E-state index in [0.29, 0.717) is 29.7 Å². The number of para-hydroxylation sites is 1. The third kappa shape index (κ3) is 4.28. The van der Waals surface area contributed by atoms with E-state index in [0.717, 1.165) is 11.4 Å². The van der Waals surface area contributed by atoms with E-state index in [1.54, 1.807) is 6.07 Å². The van der Waals surface area contributed by atoms with Crippen LogP contribution in [-0.2, 0) is 0 Å². The molecule has 2 rings (SSSR count). The van der Waals surface area contributed by atoms with E-state index in [1.807, 2.05) is 38.1 Å². The first kappa shape index (κ1) is 15.9. The van der Waals surface area contributed by atoms with Crippen molar-refractivity contribution in [3.63, 3.8) is 0 Å². The average Bonchev–Trinajstić information content (AvgIpc) is 2.44. The lowest BCUT2D eigenvalue weighted by Gasteiger charge is -2.13. The molecule has 0 aliphatic carbocycles. The van der Waals surface area contributed by atoms with Crippen molar-refractivity contribution in [2.45, 2.75) is 27.7 Å². The van der Waals surface area contributed by atoms with Crippen LogP contribution in [0.1, 0.15) is 35.6 Å². The van der Waals surface area contributed by atoms with Gasteiger partial charge in [-0.3, -0.25) is 4.79 Å². The fraction of sp³-hybridized carbons (Fsp3) is 0.353. The maximum Gasteiger partial charge on any atom is 0.253 e. The number of amides is 1. The van der Waals surface area contributed by atoms with Crippen molar-refractivity contribution in [1.82, 2.24) is 15.3 Å². The topological polar surface area (TPSA) is 66.9 Å². The summed E-state index contributed by atoms with van der Waals surface area (Å²) in [6, 6.07) is 9.28. The summed E-state index contributed by atoms with van der Waals surface area (Å²) in [4.78, 5) is 21.0. The molecule has 1 heterocycles. The third-order valence-electron chi connectivity index (χ3n) is 3.07. The monoisotopic (exact) mass is 298 g/mol. The lowest BCUT2D eigenvalue weighted by molar-refractivity contribution is 0.0950. The normalized spacial score (nSPS) is 10.6. The van der Waals surface area contributed by atoms with Crippen molar-refractivity contribution < 1.29 is 4.79 Å². The van der Waals surface area contributed by atoms with Gasteiger partial charge in [0.2, 0.25) is 5.95 Å². The molecule has 0 saturated heterocycles. The number of nitrogens with one attached hydrogen (secondary N) is 2. The Morgan fingerprint density at radius 1 is 1.14 bits per heavy atom. The van der Waals surface area contributed by atoms with Crippen molar-refractivity contribution in [1.29, 1.82) is 0 Å². The highest BCUT2D eigenvalue weighted by atomic mass is 16.1. The summed E-state index contributed by atoms with van der Waals surface area (Å²) < 4.78 is 0. The van der Waals surface area contributed by atoms with Crippen molar-refractivity contribution in [2.75, 3.05) is 11.9 Å². The first-order valence-corrected chi connectivity index (χ1v) is 7.42. The minimum Gasteiger partial charge on any atom is -0.352 e. The largest absolute Gasteiger partial charge is 0.352 e. The van der Waals surface area contributed by atoms with Crippen LogP contribution in [0.5, 0.6) is 0 Å². The Balaban J connectivity index is 2.22. The Bertz CT molecular complexity index is 647. The zero-order chi connectivity index (χ0) is 16.1. The van der Waals surface area contributed by atoms with Crippen LogP contribution >= 0.6 is 0 Å². The van der Waals surface area contributed by atoms with E-state index in [2.05, 4.69) is 34.4 Å². The van der Waals surface area contributed by atoms with Gasteiger partial charge in [-0.1, -0.05) is 26.0 Å². The van der Waals surface area contributed by atoms with Crippen LogP contribution in [0.4, 0.5) is 11.6 Å². The molecule has 0 radical (unpaired) electrons. The smallest absolute Gasteiger partial charge is 0.253 e. The van der Waals surface area contributed by atoms with Crippen molar-refractivity contribution in [3.8, 4) is 0 Å². The minimum absolute atomic E-state index is 0.0961. The summed E-state index contributed by atoms with van der Waals surface area (Å²) in [6.45, 7) is 8.61. The summed E-state index contributed by atoms with van der Waals surface area (Å²) in [7, 11) is 0. The van der Waals surface area contributed by atoms with Gasteiger partial charge in [0.25, 0.3) is 5.91 Å². The second-order valence-corrected chi connectivity index (χ2v) is 5.75. The highest BCUT2D eigenvalue weighted by Crippen LogP contribution is 2.19. The first-order chi connectivity index (χ1) is 10.5. The van der Waals surface area contributed by atoms with Crippen LogP contribution in [0.15, 0.2) is 30.3 Å². The molecule has 0 bridgehead atoms. The number of hydrogen-bond donors (Lipinski definition) is 2. The predicted octanol–water partition coefficient (Wildman–Crippen LogP) is 3.22. The standard InChI is InChI=1S/C17H22N4O/c1-11(2)10-18-16(22)14-7-5-6-8-15(14)21-17-19-12(3)9-13(4)20-17/h5-9,11H,10H2,1-4H3,(H,18,22)(H,19,20,21). The Labute approximate surface area is 131 Å². The van der Waals surface area contributed by atoms with E-state index in [-0.39, 0.29) is 5.91 Å². The number of nitrogens with zero attached hydrogens (tertiary/aromatic N) is 2. The van der Waals surface area contributed by atoms with Crippen LogP contribution in [0.3, 0.4) is 0 Å². The third-order valence-corrected chi connectivity index (χ3v) is 3.07. The first-order valence-electron chi connectivity index (χ1n) is 7.42. The number of hydrogen-bond acceptors (Lipinski definition) is 4. The lowest BCUT2D eigenvalue weighted by atomic mass is 10.1. The SMILES string of the molecule is Cc1cc(C)nc(Nc2ccccc2C(=O)NCC(C)C)n1. The van der Waals surface area contributed by atoms with Gasteiger partial charge in [0.05, 0.1) is 11.3 Å². The van der Waals surface area contributed by atoms with Crippen LogP contribution in [0.2, 0.25) is 0 Å². The van der Waals surface area contributed by atoms with Gasteiger partial charge in [0.15, 0.2) is 0 Å². The molecule has 1 aromatic heterocycles. The molecular formula is C17H22N4O. The summed E-state index contributed by atoms with van der Waals surface area (Å²) in [5.41, 5.74) is 3.06. The predicted molar refractivity (Wildman–Crippen MR) is 88.4 cm³/mol. The van der Waals surface area contributed by atoms with E-state index >= 15 is 0 Å². The maximum absolute atomic E-state index is 12.3. The molecule has 1 amide bonds. The Kier molecular flexibility index (Phi) is 5.09. The van der Waals surface area contributed by atoms with Gasteiger partial charge >= 0.3 is 0 Å². The van der Waals surface area contributed by atoms with Crippen LogP contribution in [0, 0.1) is 19.8 Å². The van der Waals surface area contributed by atoms with Gasteiger partial charge in [0.1, 0.15) is 0 Å². The van der Waals surface area contributed by atoms with E-state index in [9.17, 15) is 4.79 Å². The number of aromatic nitrogens is 2. The highest BCUT2D eigenvalue weighted by molar-refractivity contribution is 6.00. The van der Waals surface area contributed by atoms with Gasteiger partial charge in [-0.25, -0.2) is 9.97 Å². The minimum atomic E-state index is -0.0961. The van der Waals surface area contributed by atoms with E-state index in [4.69, 9.17) is 0 Å². The van der Waals surface area contributed by atoms with Gasteiger partial charge in [-0.05, 0) is 38.0 Å². The molecule has 0 fully saturated rings. The second kappa shape index (κ2) is 7.02. The molecule has 0 unspecified atom stereocenters. The molecule has 0 saturated carbocycles. The molecule has 2 aromatic rings. The fourth-order valence-corrected chi connectivity index (χ4v) is 2.08. The number of aryl methyl sites for hydroxylation is 2. The van der Waals surface area contributed by atoms with Crippen molar-refractivity contribution in [2.24, 2.45) is 5.92 Å². The number of anilines is 2. The number of carbonyl (C=O) groups excluding carboxylic acids is 1. The molecule has 116 valence electrons. The van der Waals surface area contributed by atoms with Crippen LogP contribution in [-0.4, -0.2) is 22.4 Å². The fourth-order valence-electron chi connectivity index (χ4n) is 2.08. The summed E-state index contributed by atoms with van der Waals surface area (Å²) in [6.07, 6.45) is 0. The molecule has 0 spiro atoms. The summed E-state index contributed by atoms with van der Waals surface area (Å²) in [5.74, 6) is 0.814. The molecule has 5 nitrogen and oxygen atoms in total. The van der Waals surface area contributed by atoms with Gasteiger partial charge in [-0.15, -0.1) is 0 Å². The van der Waals surface area contributed by atoms with Crippen LogP contribution in [0.25, 0.3) is 0 Å². The number of benzene rings is 1. The molecule has 0 aliphatic rings. The second-order valence-electron chi connectivity index (χ2n) is 5.75. The lowest BCUT2D eigenvalue weighted by Crippen LogP contribution is -2.27. The zero-order valence-electron chi connectivity index (χ0n) is 13.5. The molecule has 1 aromatic carbocycles. The molecule has 0 aliphatic heterocycles. The Hall–Kier alpha value is -2.43. The zero-order valence-corrected chi connectivity index (χ0v) is 13.5. The van der Waals surface area contributed by atoms with Crippen molar-refractivity contribution in [3.05, 3.63) is 47.3 Å². The van der Waals surface area contributed by atoms with Gasteiger partial charge in [-0.2, -0.15) is 0 Å².